The van der Waals surface area contributed by atoms with Crippen molar-refractivity contribution in [1.29, 1.82) is 0 Å². The van der Waals surface area contributed by atoms with E-state index >= 15 is 0 Å². The second-order valence-electron chi connectivity index (χ2n) is 8.03. The largest absolute Gasteiger partial charge is 0.437 e. The quantitative estimate of drug-likeness (QED) is 0.455. The number of hydrogen-bond donors (Lipinski definition) is 1. The van der Waals surface area contributed by atoms with Crippen LogP contribution in [0.15, 0.2) is 60.0 Å². The number of aliphatic hydroxyl groups is 1. The van der Waals surface area contributed by atoms with Crippen molar-refractivity contribution < 1.29 is 23.4 Å². The van der Waals surface area contributed by atoms with Gasteiger partial charge >= 0.3 is 6.09 Å². The monoisotopic (exact) mass is 457 g/mol. The molecular weight excluding hydrogens is 432 g/mol. The first-order valence-corrected chi connectivity index (χ1v) is 11.5. The number of halogens is 2. The van der Waals surface area contributed by atoms with Gasteiger partial charge in [0.1, 0.15) is 17.2 Å². The molecule has 0 bridgehead atoms. The van der Waals surface area contributed by atoms with Gasteiger partial charge in [0.2, 0.25) is 0 Å². The van der Waals surface area contributed by atoms with E-state index in [1.54, 1.807) is 28.4 Å². The number of hydrogen-bond acceptors (Lipinski definition) is 4. The van der Waals surface area contributed by atoms with Gasteiger partial charge in [-0.1, -0.05) is 30.3 Å². The highest BCUT2D eigenvalue weighted by molar-refractivity contribution is 7.10. The summed E-state index contributed by atoms with van der Waals surface area (Å²) in [5.41, 5.74) is 1.16. The van der Waals surface area contributed by atoms with E-state index in [1.165, 1.54) is 12.1 Å². The molecule has 1 aliphatic rings. The van der Waals surface area contributed by atoms with Crippen molar-refractivity contribution >= 4 is 17.4 Å². The van der Waals surface area contributed by atoms with Crippen LogP contribution in [0, 0.1) is 11.6 Å². The zero-order chi connectivity index (χ0) is 22.7. The summed E-state index contributed by atoms with van der Waals surface area (Å²) in [5, 5.41) is 11.3. The van der Waals surface area contributed by atoms with Gasteiger partial charge in [0.25, 0.3) is 0 Å². The molecule has 0 saturated carbocycles. The van der Waals surface area contributed by atoms with Gasteiger partial charge in [0, 0.05) is 36.1 Å². The molecule has 3 aromatic rings. The molecular formula is C25H25F2NO3S. The minimum Gasteiger partial charge on any atom is -0.437 e. The van der Waals surface area contributed by atoms with Crippen LogP contribution in [0.5, 0.6) is 0 Å². The summed E-state index contributed by atoms with van der Waals surface area (Å²) in [6.45, 7) is 2.50. The lowest BCUT2D eigenvalue weighted by Gasteiger charge is -2.43. The molecule has 0 spiro atoms. The molecule has 1 aromatic heterocycles. The number of amides is 1. The van der Waals surface area contributed by atoms with Crippen LogP contribution in [0.4, 0.5) is 13.6 Å². The Morgan fingerprint density at radius 2 is 1.97 bits per heavy atom. The topological polar surface area (TPSA) is 49.8 Å². The Labute approximate surface area is 190 Å². The summed E-state index contributed by atoms with van der Waals surface area (Å²) in [7, 11) is 0. The van der Waals surface area contributed by atoms with E-state index in [-0.39, 0.29) is 18.7 Å². The molecule has 2 heterocycles. The van der Waals surface area contributed by atoms with Gasteiger partial charge in [-0.15, -0.1) is 11.3 Å². The zero-order valence-corrected chi connectivity index (χ0v) is 18.6. The number of thiophene rings is 1. The third kappa shape index (κ3) is 4.40. The Hall–Kier alpha value is -2.77. The molecule has 32 heavy (non-hydrogen) atoms. The summed E-state index contributed by atoms with van der Waals surface area (Å²) in [6.07, 6.45) is 1.39. The lowest BCUT2D eigenvalue weighted by molar-refractivity contribution is -0.0658. The Balaban J connectivity index is 1.50. The van der Waals surface area contributed by atoms with E-state index in [0.29, 0.717) is 36.9 Å². The number of aliphatic hydroxyl groups excluding tert-OH is 1. The first kappa shape index (κ1) is 22.4. The number of benzene rings is 2. The molecule has 168 valence electrons. The summed E-state index contributed by atoms with van der Waals surface area (Å²) in [6, 6.07) is 14.4. The molecule has 2 atom stereocenters. The van der Waals surface area contributed by atoms with Gasteiger partial charge in [-0.05, 0) is 54.5 Å². The van der Waals surface area contributed by atoms with Gasteiger partial charge in [-0.2, -0.15) is 0 Å². The summed E-state index contributed by atoms with van der Waals surface area (Å²) < 4.78 is 33.3. The predicted octanol–water partition coefficient (Wildman–Crippen LogP) is 6.26. The van der Waals surface area contributed by atoms with Crippen molar-refractivity contribution in [2.24, 2.45) is 0 Å². The molecule has 1 fully saturated rings. The molecule has 7 heteroatoms. The lowest BCUT2D eigenvalue weighted by atomic mass is 9.89. The van der Waals surface area contributed by atoms with E-state index in [1.807, 2.05) is 36.6 Å². The van der Waals surface area contributed by atoms with Crippen molar-refractivity contribution in [1.82, 2.24) is 4.90 Å². The predicted molar refractivity (Wildman–Crippen MR) is 120 cm³/mol. The lowest BCUT2D eigenvalue weighted by Crippen LogP contribution is -2.48. The van der Waals surface area contributed by atoms with Gasteiger partial charge < -0.3 is 14.7 Å². The smallest absolute Gasteiger partial charge is 0.411 e. The number of rotatable bonds is 7. The Morgan fingerprint density at radius 1 is 1.19 bits per heavy atom. The fourth-order valence-corrected chi connectivity index (χ4v) is 5.16. The molecule has 4 nitrogen and oxygen atoms in total. The molecule has 1 amide bonds. The number of ether oxygens (including phenoxy) is 1. The minimum atomic E-state index is -0.700. The van der Waals surface area contributed by atoms with Crippen LogP contribution in [0.2, 0.25) is 0 Å². The van der Waals surface area contributed by atoms with Crippen LogP contribution in [0.25, 0.3) is 11.1 Å². The Kier molecular flexibility index (Phi) is 6.58. The van der Waals surface area contributed by atoms with Gasteiger partial charge in [-0.25, -0.2) is 13.6 Å². The molecule has 0 radical (unpaired) electrons. The summed E-state index contributed by atoms with van der Waals surface area (Å²) in [4.78, 5) is 15.7. The van der Waals surface area contributed by atoms with Crippen molar-refractivity contribution in [3.8, 4) is 11.1 Å². The fourth-order valence-electron chi connectivity index (χ4n) is 4.24. The maximum absolute atomic E-state index is 14.1. The van der Waals surface area contributed by atoms with Gasteiger partial charge in [-0.3, -0.25) is 0 Å². The summed E-state index contributed by atoms with van der Waals surface area (Å²) >= 11 is 1.56. The highest BCUT2D eigenvalue weighted by Crippen LogP contribution is 2.42. The molecule has 1 N–H and O–H groups in total. The van der Waals surface area contributed by atoms with Gasteiger partial charge in [0.15, 0.2) is 0 Å². The van der Waals surface area contributed by atoms with E-state index in [9.17, 15) is 18.7 Å². The first-order chi connectivity index (χ1) is 15.4. The normalized spacial score (nSPS) is 19.6. The third-order valence-corrected chi connectivity index (χ3v) is 7.14. The Morgan fingerprint density at radius 3 is 2.59 bits per heavy atom. The Bertz CT molecular complexity index is 1070. The van der Waals surface area contributed by atoms with Crippen molar-refractivity contribution in [3.05, 3.63) is 82.1 Å². The molecule has 1 saturated heterocycles. The fraction of sp³-hybridized carbons (Fsp3) is 0.320. The number of cyclic esters (lactones) is 1. The second kappa shape index (κ2) is 9.38. The first-order valence-electron chi connectivity index (χ1n) is 10.6. The van der Waals surface area contributed by atoms with Crippen LogP contribution < -0.4 is 0 Å². The van der Waals surface area contributed by atoms with Crippen molar-refractivity contribution in [2.75, 3.05) is 13.2 Å². The molecule has 1 aliphatic heterocycles. The second-order valence-corrected chi connectivity index (χ2v) is 8.98. The minimum absolute atomic E-state index is 0.0474. The van der Waals surface area contributed by atoms with Crippen molar-refractivity contribution in [3.63, 3.8) is 0 Å². The third-order valence-electron chi connectivity index (χ3n) is 6.09. The van der Waals surface area contributed by atoms with Crippen LogP contribution in [-0.4, -0.2) is 29.3 Å². The van der Waals surface area contributed by atoms with E-state index in [0.717, 1.165) is 16.5 Å². The maximum Gasteiger partial charge on any atom is 0.411 e. The molecule has 2 aromatic carbocycles. The van der Waals surface area contributed by atoms with Crippen LogP contribution >= 0.6 is 11.3 Å². The number of carbonyl (C=O) groups is 1. The SMILES string of the molecule is CC(c1ccc(-c2ccc(F)cc2F)cc1)N1CCC(CCCO)(c2cccs2)OC1=O. The highest BCUT2D eigenvalue weighted by Gasteiger charge is 2.43. The average Bonchev–Trinajstić information content (AvgIpc) is 3.33. The van der Waals surface area contributed by atoms with Crippen LogP contribution in [0.3, 0.4) is 0 Å². The van der Waals surface area contributed by atoms with E-state index in [4.69, 9.17) is 4.74 Å². The number of nitrogens with zero attached hydrogens (tertiary/aromatic N) is 1. The highest BCUT2D eigenvalue weighted by atomic mass is 32.1. The number of carbonyl (C=O) groups excluding carboxylic acids is 1. The van der Waals surface area contributed by atoms with Gasteiger partial charge in [0.05, 0.1) is 6.04 Å². The van der Waals surface area contributed by atoms with E-state index < -0.39 is 17.2 Å². The van der Waals surface area contributed by atoms with Crippen molar-refractivity contribution in [2.45, 2.75) is 37.8 Å². The van der Waals surface area contributed by atoms with Crippen LogP contribution in [0.1, 0.15) is 42.7 Å². The molecule has 0 aliphatic carbocycles. The average molecular weight is 458 g/mol. The molecule has 4 rings (SSSR count). The summed E-state index contributed by atoms with van der Waals surface area (Å²) in [5.74, 6) is -1.23. The standard InChI is InChI=1S/C25H25F2NO3S/c1-17(18-5-7-19(8-6-18)21-10-9-20(26)16-22(21)27)28-13-12-25(11-3-14-29,31-24(28)30)23-4-2-15-32-23/h2,4-10,15-17,29H,3,11-14H2,1H3. The van der Waals surface area contributed by atoms with E-state index in [2.05, 4.69) is 0 Å². The zero-order valence-electron chi connectivity index (χ0n) is 17.8. The maximum atomic E-state index is 14.1. The molecule has 2 unspecified atom stereocenters. The van der Waals surface area contributed by atoms with Crippen LogP contribution in [-0.2, 0) is 10.3 Å².